The summed E-state index contributed by atoms with van der Waals surface area (Å²) in [4.78, 5) is 19.3. The molecule has 2 rings (SSSR count). The average Bonchev–Trinajstić information content (AvgIpc) is 2.64. The number of aromatic amines is 1. The van der Waals surface area contributed by atoms with Crippen molar-refractivity contribution in [2.24, 2.45) is 0 Å². The first-order valence-corrected chi connectivity index (χ1v) is 6.20. The second-order valence-electron chi connectivity index (χ2n) is 4.34. The Kier molecular flexibility index (Phi) is 3.35. The molecule has 1 aliphatic heterocycles. The third kappa shape index (κ3) is 2.30. The summed E-state index contributed by atoms with van der Waals surface area (Å²) >= 11 is 3.34. The van der Waals surface area contributed by atoms with Crippen molar-refractivity contribution >= 4 is 21.8 Å². The number of aromatic nitrogens is 1. The van der Waals surface area contributed by atoms with E-state index in [9.17, 15) is 4.79 Å². The summed E-state index contributed by atoms with van der Waals surface area (Å²) in [6.07, 6.45) is 1.79. The normalized spacial score (nSPS) is 22.4. The van der Waals surface area contributed by atoms with Crippen molar-refractivity contribution in [1.29, 1.82) is 0 Å². The van der Waals surface area contributed by atoms with Crippen molar-refractivity contribution < 1.29 is 4.79 Å². The number of hydrogen-bond donors (Lipinski definition) is 1. The van der Waals surface area contributed by atoms with E-state index in [1.807, 2.05) is 11.0 Å². The van der Waals surface area contributed by atoms with E-state index >= 15 is 0 Å². The van der Waals surface area contributed by atoms with Crippen LogP contribution in [0.3, 0.4) is 0 Å². The van der Waals surface area contributed by atoms with Crippen molar-refractivity contribution in [3.63, 3.8) is 0 Å². The van der Waals surface area contributed by atoms with Crippen LogP contribution in [-0.2, 0) is 0 Å². The summed E-state index contributed by atoms with van der Waals surface area (Å²) in [6, 6.07) is 2.10. The number of nitrogens with one attached hydrogen (secondary N) is 1. The third-order valence-corrected chi connectivity index (χ3v) is 3.43. The Morgan fingerprint density at radius 2 is 2.31 bits per heavy atom. The van der Waals surface area contributed by atoms with Crippen LogP contribution in [0.5, 0.6) is 0 Å². The zero-order valence-corrected chi connectivity index (χ0v) is 11.1. The first kappa shape index (κ1) is 11.7. The smallest absolute Gasteiger partial charge is 0.270 e. The molecule has 16 heavy (non-hydrogen) atoms. The molecule has 2 heterocycles. The van der Waals surface area contributed by atoms with Crippen molar-refractivity contribution in [1.82, 2.24) is 14.8 Å². The zero-order valence-electron chi connectivity index (χ0n) is 9.53. The van der Waals surface area contributed by atoms with Crippen molar-refractivity contribution in [3.05, 3.63) is 22.4 Å². The molecular weight excluding hydrogens is 270 g/mol. The minimum Gasteiger partial charge on any atom is -0.356 e. The van der Waals surface area contributed by atoms with Gasteiger partial charge in [0, 0.05) is 36.3 Å². The third-order valence-electron chi connectivity index (χ3n) is 2.97. The van der Waals surface area contributed by atoms with Crippen LogP contribution in [0.2, 0.25) is 0 Å². The molecule has 0 bridgehead atoms. The lowest BCUT2D eigenvalue weighted by Gasteiger charge is -2.38. The summed E-state index contributed by atoms with van der Waals surface area (Å²) in [5, 5.41) is 0. The van der Waals surface area contributed by atoms with Gasteiger partial charge in [0.25, 0.3) is 5.91 Å². The second kappa shape index (κ2) is 4.59. The topological polar surface area (TPSA) is 39.3 Å². The van der Waals surface area contributed by atoms with Gasteiger partial charge in [-0.3, -0.25) is 4.79 Å². The van der Waals surface area contributed by atoms with Gasteiger partial charge in [-0.25, -0.2) is 0 Å². The number of amides is 1. The van der Waals surface area contributed by atoms with Crippen LogP contribution >= 0.6 is 15.9 Å². The maximum absolute atomic E-state index is 12.2. The van der Waals surface area contributed by atoms with Gasteiger partial charge in [-0.1, -0.05) is 0 Å². The van der Waals surface area contributed by atoms with Gasteiger partial charge in [0.2, 0.25) is 0 Å². The highest BCUT2D eigenvalue weighted by Gasteiger charge is 2.27. The summed E-state index contributed by atoms with van der Waals surface area (Å²) in [5.41, 5.74) is 0.656. The minimum absolute atomic E-state index is 0.0892. The van der Waals surface area contributed by atoms with E-state index in [1.54, 1.807) is 6.20 Å². The molecule has 0 aliphatic carbocycles. The number of piperazine rings is 1. The lowest BCUT2D eigenvalue weighted by molar-refractivity contribution is 0.0528. The SMILES string of the molecule is CC1CN(C)CCN1C(=O)c1cc(Br)c[nH]1. The number of likely N-dealkylation sites (N-methyl/N-ethyl adjacent to an activating group) is 1. The van der Waals surface area contributed by atoms with E-state index in [1.165, 1.54) is 0 Å². The average molecular weight is 286 g/mol. The summed E-state index contributed by atoms with van der Waals surface area (Å²) < 4.78 is 0.914. The fraction of sp³-hybridized carbons (Fsp3) is 0.545. The van der Waals surface area contributed by atoms with Gasteiger partial charge in [0.15, 0.2) is 0 Å². The molecule has 0 aromatic carbocycles. The van der Waals surface area contributed by atoms with Gasteiger partial charge in [-0.2, -0.15) is 0 Å². The highest BCUT2D eigenvalue weighted by Crippen LogP contribution is 2.15. The molecule has 4 nitrogen and oxygen atoms in total. The second-order valence-corrected chi connectivity index (χ2v) is 5.26. The number of H-pyrrole nitrogens is 1. The largest absolute Gasteiger partial charge is 0.356 e. The Morgan fingerprint density at radius 3 is 2.88 bits per heavy atom. The van der Waals surface area contributed by atoms with Crippen LogP contribution in [0.25, 0.3) is 0 Å². The van der Waals surface area contributed by atoms with Crippen LogP contribution in [-0.4, -0.2) is 53.4 Å². The Labute approximate surface area is 104 Å². The number of hydrogen-bond acceptors (Lipinski definition) is 2. The standard InChI is InChI=1S/C11H16BrN3O/c1-8-7-14(2)3-4-15(8)11(16)10-5-9(12)6-13-10/h5-6,8,13H,3-4,7H2,1-2H3. The van der Waals surface area contributed by atoms with E-state index in [4.69, 9.17) is 0 Å². The fourth-order valence-corrected chi connectivity index (χ4v) is 2.43. The fourth-order valence-electron chi connectivity index (χ4n) is 2.09. The molecule has 0 spiro atoms. The number of halogens is 1. The molecule has 1 N–H and O–H groups in total. The number of rotatable bonds is 1. The molecule has 1 aliphatic rings. The van der Waals surface area contributed by atoms with Gasteiger partial charge in [-0.15, -0.1) is 0 Å². The highest BCUT2D eigenvalue weighted by atomic mass is 79.9. The van der Waals surface area contributed by atoms with E-state index in [2.05, 4.69) is 39.8 Å². The number of nitrogens with zero attached hydrogens (tertiary/aromatic N) is 2. The Hall–Kier alpha value is -0.810. The lowest BCUT2D eigenvalue weighted by Crippen LogP contribution is -2.52. The molecule has 1 fully saturated rings. The van der Waals surface area contributed by atoms with E-state index in [-0.39, 0.29) is 11.9 Å². The predicted octanol–water partition coefficient (Wildman–Crippen LogP) is 1.55. The Bertz CT molecular complexity index is 390. The summed E-state index contributed by atoms with van der Waals surface area (Å²) in [6.45, 7) is 4.77. The zero-order chi connectivity index (χ0) is 11.7. The molecule has 0 saturated carbocycles. The van der Waals surface area contributed by atoms with Gasteiger partial charge < -0.3 is 14.8 Å². The highest BCUT2D eigenvalue weighted by molar-refractivity contribution is 9.10. The Balaban J connectivity index is 2.10. The van der Waals surface area contributed by atoms with Gasteiger partial charge in [0.05, 0.1) is 0 Å². The van der Waals surface area contributed by atoms with Gasteiger partial charge in [-0.05, 0) is 36.0 Å². The molecule has 0 radical (unpaired) electrons. The molecular formula is C11H16BrN3O. The monoisotopic (exact) mass is 285 g/mol. The van der Waals surface area contributed by atoms with Gasteiger partial charge in [0.1, 0.15) is 5.69 Å². The van der Waals surface area contributed by atoms with Crippen LogP contribution in [0.4, 0.5) is 0 Å². The van der Waals surface area contributed by atoms with Crippen LogP contribution in [0.15, 0.2) is 16.7 Å². The molecule has 1 aromatic heterocycles. The summed E-state index contributed by atoms with van der Waals surface area (Å²) in [5.74, 6) is 0.0892. The van der Waals surface area contributed by atoms with E-state index in [0.29, 0.717) is 5.69 Å². The van der Waals surface area contributed by atoms with Crippen molar-refractivity contribution in [2.45, 2.75) is 13.0 Å². The van der Waals surface area contributed by atoms with Crippen LogP contribution in [0, 0.1) is 0 Å². The first-order chi connectivity index (χ1) is 7.58. The quantitative estimate of drug-likeness (QED) is 0.851. The maximum Gasteiger partial charge on any atom is 0.270 e. The van der Waals surface area contributed by atoms with Gasteiger partial charge >= 0.3 is 0 Å². The molecule has 1 amide bonds. The molecule has 1 aromatic rings. The van der Waals surface area contributed by atoms with Crippen LogP contribution < -0.4 is 0 Å². The van der Waals surface area contributed by atoms with Crippen molar-refractivity contribution in [3.8, 4) is 0 Å². The van der Waals surface area contributed by atoms with Crippen molar-refractivity contribution in [2.75, 3.05) is 26.7 Å². The predicted molar refractivity (Wildman–Crippen MR) is 66.5 cm³/mol. The van der Waals surface area contributed by atoms with E-state index in [0.717, 1.165) is 24.1 Å². The number of carbonyl (C=O) groups is 1. The summed E-state index contributed by atoms with van der Waals surface area (Å²) in [7, 11) is 2.09. The number of carbonyl (C=O) groups excluding carboxylic acids is 1. The minimum atomic E-state index is 0.0892. The Morgan fingerprint density at radius 1 is 1.56 bits per heavy atom. The van der Waals surface area contributed by atoms with E-state index < -0.39 is 0 Å². The first-order valence-electron chi connectivity index (χ1n) is 5.41. The molecule has 5 heteroatoms. The maximum atomic E-state index is 12.2. The lowest BCUT2D eigenvalue weighted by atomic mass is 10.2. The molecule has 1 atom stereocenters. The van der Waals surface area contributed by atoms with Crippen LogP contribution in [0.1, 0.15) is 17.4 Å². The molecule has 1 unspecified atom stereocenters. The molecule has 1 saturated heterocycles. The molecule has 88 valence electrons.